The number of anilines is 2. The number of rotatable bonds is 7. The Hall–Kier alpha value is -3.30. The van der Waals surface area contributed by atoms with Crippen LogP contribution in [0, 0.1) is 0 Å². The quantitative estimate of drug-likeness (QED) is 0.504. The molecule has 1 aliphatic heterocycles. The number of nitrogens with zero attached hydrogens (tertiary/aromatic N) is 3. The number of carbonyl (C=O) groups excluding carboxylic acids is 1. The van der Waals surface area contributed by atoms with Crippen LogP contribution in [0.3, 0.4) is 0 Å². The molecule has 9 heteroatoms. The summed E-state index contributed by atoms with van der Waals surface area (Å²) in [7, 11) is 1.62. The summed E-state index contributed by atoms with van der Waals surface area (Å²) in [6, 6.07) is 5.42. The summed E-state index contributed by atoms with van der Waals surface area (Å²) in [4.78, 5) is 26.1. The molecule has 1 fully saturated rings. The average molecular weight is 464 g/mol. The highest BCUT2D eigenvalue weighted by molar-refractivity contribution is 5.93. The Morgan fingerprint density at radius 2 is 1.97 bits per heavy atom. The molecule has 34 heavy (non-hydrogen) atoms. The SMILES string of the molecule is COCC(C)(N)c1cnc(OC2CC2)c2cnc(Nc3ccc4c(n3)[C@@H](C)[C@@H](C)OC4=O)cc12. The van der Waals surface area contributed by atoms with Gasteiger partial charge < -0.3 is 25.3 Å². The molecular weight excluding hydrogens is 434 g/mol. The minimum absolute atomic E-state index is 0.00851. The Labute approximate surface area is 198 Å². The van der Waals surface area contributed by atoms with Gasteiger partial charge in [0.2, 0.25) is 5.88 Å². The normalized spacial score (nSPS) is 21.5. The fourth-order valence-electron chi connectivity index (χ4n) is 4.20. The Bertz CT molecular complexity index is 1260. The minimum Gasteiger partial charge on any atom is -0.474 e. The van der Waals surface area contributed by atoms with Gasteiger partial charge >= 0.3 is 5.97 Å². The second-order valence-electron chi connectivity index (χ2n) is 9.41. The fourth-order valence-corrected chi connectivity index (χ4v) is 4.20. The molecule has 0 amide bonds. The highest BCUT2D eigenvalue weighted by Gasteiger charge is 2.32. The van der Waals surface area contributed by atoms with Crippen LogP contribution in [0.4, 0.5) is 11.6 Å². The molecule has 0 bridgehead atoms. The van der Waals surface area contributed by atoms with Crippen LogP contribution in [-0.4, -0.2) is 46.8 Å². The molecule has 0 radical (unpaired) electrons. The van der Waals surface area contributed by atoms with Crippen molar-refractivity contribution in [3.63, 3.8) is 0 Å². The van der Waals surface area contributed by atoms with Crippen molar-refractivity contribution in [2.45, 2.75) is 57.3 Å². The number of aromatic nitrogens is 3. The van der Waals surface area contributed by atoms with Crippen LogP contribution in [0.2, 0.25) is 0 Å². The molecule has 0 saturated heterocycles. The van der Waals surface area contributed by atoms with Crippen molar-refractivity contribution in [3.8, 4) is 5.88 Å². The van der Waals surface area contributed by atoms with Crippen LogP contribution in [0.5, 0.6) is 5.88 Å². The average Bonchev–Trinajstić information content (AvgIpc) is 3.61. The van der Waals surface area contributed by atoms with E-state index >= 15 is 0 Å². The first-order chi connectivity index (χ1) is 16.3. The summed E-state index contributed by atoms with van der Waals surface area (Å²) >= 11 is 0. The maximum absolute atomic E-state index is 12.2. The Morgan fingerprint density at radius 3 is 2.71 bits per heavy atom. The molecule has 4 heterocycles. The van der Waals surface area contributed by atoms with E-state index in [1.165, 1.54) is 0 Å². The lowest BCUT2D eigenvalue weighted by Gasteiger charge is -2.27. The number of hydrogen-bond donors (Lipinski definition) is 2. The second-order valence-corrected chi connectivity index (χ2v) is 9.41. The predicted octanol–water partition coefficient (Wildman–Crippen LogP) is 3.79. The number of carbonyl (C=O) groups is 1. The van der Waals surface area contributed by atoms with E-state index in [2.05, 4.69) is 15.3 Å². The largest absolute Gasteiger partial charge is 0.474 e. The van der Waals surface area contributed by atoms with Crippen LogP contribution in [0.25, 0.3) is 10.8 Å². The molecule has 3 aromatic rings. The third-order valence-corrected chi connectivity index (χ3v) is 6.43. The Morgan fingerprint density at radius 1 is 1.18 bits per heavy atom. The van der Waals surface area contributed by atoms with Gasteiger partial charge in [-0.05, 0) is 50.3 Å². The molecule has 0 aromatic carbocycles. The first-order valence-corrected chi connectivity index (χ1v) is 11.5. The third-order valence-electron chi connectivity index (χ3n) is 6.43. The molecule has 1 aliphatic carbocycles. The fraction of sp³-hybridized carbons (Fsp3) is 0.440. The zero-order valence-electron chi connectivity index (χ0n) is 19.8. The molecule has 0 spiro atoms. The van der Waals surface area contributed by atoms with Crippen LogP contribution >= 0.6 is 0 Å². The lowest BCUT2D eigenvalue weighted by Crippen LogP contribution is -2.38. The molecule has 9 nitrogen and oxygen atoms in total. The second kappa shape index (κ2) is 8.48. The van der Waals surface area contributed by atoms with Gasteiger partial charge in [0.05, 0.1) is 28.8 Å². The lowest BCUT2D eigenvalue weighted by atomic mass is 9.91. The van der Waals surface area contributed by atoms with Gasteiger partial charge in [0.15, 0.2) is 0 Å². The Balaban J connectivity index is 1.54. The lowest BCUT2D eigenvalue weighted by molar-refractivity contribution is 0.0235. The van der Waals surface area contributed by atoms with E-state index in [0.29, 0.717) is 35.4 Å². The Kier molecular flexibility index (Phi) is 5.61. The molecule has 1 saturated carbocycles. The van der Waals surface area contributed by atoms with Crippen LogP contribution in [0.1, 0.15) is 61.1 Å². The van der Waals surface area contributed by atoms with Gasteiger partial charge in [0.1, 0.15) is 23.8 Å². The van der Waals surface area contributed by atoms with Crippen molar-refractivity contribution in [1.82, 2.24) is 15.0 Å². The maximum Gasteiger partial charge on any atom is 0.340 e. The number of esters is 1. The van der Waals surface area contributed by atoms with E-state index in [0.717, 1.165) is 29.2 Å². The number of fused-ring (bicyclic) bond motifs is 2. The van der Waals surface area contributed by atoms with E-state index in [-0.39, 0.29) is 24.1 Å². The number of cyclic esters (lactones) is 1. The van der Waals surface area contributed by atoms with Gasteiger partial charge in [-0.25, -0.2) is 19.7 Å². The van der Waals surface area contributed by atoms with E-state index in [4.69, 9.17) is 24.9 Å². The van der Waals surface area contributed by atoms with E-state index in [9.17, 15) is 4.79 Å². The summed E-state index contributed by atoms with van der Waals surface area (Å²) < 4.78 is 16.8. The summed E-state index contributed by atoms with van der Waals surface area (Å²) in [6.07, 6.45) is 5.54. The summed E-state index contributed by atoms with van der Waals surface area (Å²) in [5.74, 6) is 1.39. The van der Waals surface area contributed by atoms with Crippen molar-refractivity contribution < 1.29 is 19.0 Å². The molecule has 3 aromatic heterocycles. The summed E-state index contributed by atoms with van der Waals surface area (Å²) in [5, 5.41) is 4.95. The van der Waals surface area contributed by atoms with Crippen molar-refractivity contribution in [3.05, 3.63) is 47.4 Å². The van der Waals surface area contributed by atoms with Crippen molar-refractivity contribution >= 4 is 28.4 Å². The number of nitrogens with two attached hydrogens (primary N) is 1. The topological polar surface area (TPSA) is 121 Å². The van der Waals surface area contributed by atoms with Crippen molar-refractivity contribution in [2.24, 2.45) is 5.73 Å². The van der Waals surface area contributed by atoms with Crippen molar-refractivity contribution in [1.29, 1.82) is 0 Å². The molecule has 1 unspecified atom stereocenters. The molecule has 178 valence electrons. The third kappa shape index (κ3) is 4.17. The number of methoxy groups -OCH3 is 1. The van der Waals surface area contributed by atoms with Gasteiger partial charge in [-0.1, -0.05) is 6.92 Å². The van der Waals surface area contributed by atoms with Gasteiger partial charge in [-0.15, -0.1) is 0 Å². The number of hydrogen-bond acceptors (Lipinski definition) is 9. The molecule has 2 aliphatic rings. The van der Waals surface area contributed by atoms with Crippen LogP contribution < -0.4 is 15.8 Å². The molecule has 5 rings (SSSR count). The molecular formula is C25H29N5O4. The molecule has 3 atom stereocenters. The van der Waals surface area contributed by atoms with Gasteiger partial charge in [0.25, 0.3) is 0 Å². The molecule has 3 N–H and O–H groups in total. The van der Waals surface area contributed by atoms with Crippen LogP contribution in [-0.2, 0) is 15.0 Å². The van der Waals surface area contributed by atoms with Crippen LogP contribution in [0.15, 0.2) is 30.6 Å². The zero-order chi connectivity index (χ0) is 24.0. The predicted molar refractivity (Wildman–Crippen MR) is 127 cm³/mol. The van der Waals surface area contributed by atoms with Gasteiger partial charge in [-0.3, -0.25) is 0 Å². The van der Waals surface area contributed by atoms with Gasteiger partial charge in [0, 0.05) is 31.0 Å². The summed E-state index contributed by atoms with van der Waals surface area (Å²) in [6.45, 7) is 6.11. The van der Waals surface area contributed by atoms with E-state index in [1.54, 1.807) is 31.6 Å². The number of pyridine rings is 3. The monoisotopic (exact) mass is 463 g/mol. The number of ether oxygens (including phenoxy) is 3. The smallest absolute Gasteiger partial charge is 0.340 e. The standard InChI is InChI=1S/C25H29N5O4/c1-13-14(2)33-24(31)16-7-8-20(30-22(13)16)29-21-9-17-18(10-27-21)23(34-15-5-6-15)28-11-19(17)25(3,26)12-32-4/h7-11,13-15H,5-6,12,26H2,1-4H3,(H,27,29,30)/t13-,14+,25?/m0/s1. The summed E-state index contributed by atoms with van der Waals surface area (Å²) in [5.41, 5.74) is 7.89. The maximum atomic E-state index is 12.2. The minimum atomic E-state index is -0.757. The zero-order valence-corrected chi connectivity index (χ0v) is 19.8. The highest BCUT2D eigenvalue weighted by atomic mass is 16.5. The highest BCUT2D eigenvalue weighted by Crippen LogP contribution is 2.36. The first-order valence-electron chi connectivity index (χ1n) is 11.5. The van der Waals surface area contributed by atoms with E-state index < -0.39 is 5.54 Å². The van der Waals surface area contributed by atoms with E-state index in [1.807, 2.05) is 26.8 Å². The van der Waals surface area contributed by atoms with Gasteiger partial charge in [-0.2, -0.15) is 0 Å². The van der Waals surface area contributed by atoms with Crippen molar-refractivity contribution in [2.75, 3.05) is 19.0 Å². The first kappa shape index (κ1) is 22.5. The number of nitrogens with one attached hydrogen (secondary N) is 1.